The molecule has 0 radical (unpaired) electrons. The van der Waals surface area contributed by atoms with Crippen molar-refractivity contribution in [3.05, 3.63) is 48.0 Å². The lowest BCUT2D eigenvalue weighted by Gasteiger charge is -2.09. The van der Waals surface area contributed by atoms with Gasteiger partial charge >= 0.3 is 0 Å². The monoisotopic (exact) mass is 413 g/mol. The predicted molar refractivity (Wildman–Crippen MR) is 113 cm³/mol. The zero-order valence-corrected chi connectivity index (χ0v) is 17.4. The lowest BCUT2D eigenvalue weighted by molar-refractivity contribution is 0.102. The topological polar surface area (TPSA) is 82.6 Å². The fourth-order valence-corrected chi connectivity index (χ4v) is 3.17. The number of benzene rings is 2. The predicted octanol–water partition coefficient (Wildman–Crippen LogP) is 4.65. The van der Waals surface area contributed by atoms with Crippen molar-refractivity contribution in [2.24, 2.45) is 0 Å². The van der Waals surface area contributed by atoms with Crippen LogP contribution in [-0.2, 0) is 0 Å². The molecule has 2 aromatic carbocycles. The van der Waals surface area contributed by atoms with Gasteiger partial charge in [-0.3, -0.25) is 10.1 Å². The zero-order chi connectivity index (χ0) is 20.6. The third kappa shape index (κ3) is 5.23. The van der Waals surface area contributed by atoms with E-state index < -0.39 is 0 Å². The van der Waals surface area contributed by atoms with Crippen molar-refractivity contribution in [3.8, 4) is 28.6 Å². The van der Waals surface area contributed by atoms with Gasteiger partial charge in [0, 0.05) is 22.7 Å². The van der Waals surface area contributed by atoms with Gasteiger partial charge in [-0.2, -0.15) is 9.36 Å². The lowest BCUT2D eigenvalue weighted by Crippen LogP contribution is -2.11. The van der Waals surface area contributed by atoms with Crippen LogP contribution >= 0.6 is 11.5 Å². The molecule has 0 saturated heterocycles. The number of rotatable bonds is 9. The summed E-state index contributed by atoms with van der Waals surface area (Å²) in [5.41, 5.74) is 1.27. The summed E-state index contributed by atoms with van der Waals surface area (Å²) in [6.07, 6.45) is 0.903. The van der Waals surface area contributed by atoms with Gasteiger partial charge in [-0.1, -0.05) is 13.0 Å². The first-order valence-electron chi connectivity index (χ1n) is 9.33. The second kappa shape index (κ2) is 9.88. The number of methoxy groups -OCH3 is 1. The summed E-state index contributed by atoms with van der Waals surface area (Å²) < 4.78 is 20.8. The molecule has 29 heavy (non-hydrogen) atoms. The lowest BCUT2D eigenvalue weighted by atomic mass is 10.2. The molecule has 0 atom stereocenters. The van der Waals surface area contributed by atoms with Gasteiger partial charge in [-0.05, 0) is 49.7 Å². The number of hydrogen-bond donors (Lipinski definition) is 1. The quantitative estimate of drug-likeness (QED) is 0.550. The van der Waals surface area contributed by atoms with Crippen LogP contribution in [-0.4, -0.2) is 35.6 Å². The van der Waals surface area contributed by atoms with E-state index in [0.717, 1.165) is 23.5 Å². The molecule has 0 aliphatic carbocycles. The van der Waals surface area contributed by atoms with Gasteiger partial charge in [0.05, 0.1) is 20.3 Å². The van der Waals surface area contributed by atoms with Crippen molar-refractivity contribution in [1.82, 2.24) is 9.36 Å². The van der Waals surface area contributed by atoms with Crippen LogP contribution < -0.4 is 19.5 Å². The van der Waals surface area contributed by atoms with Gasteiger partial charge < -0.3 is 14.2 Å². The number of nitrogens with zero attached hydrogens (tertiary/aromatic N) is 2. The van der Waals surface area contributed by atoms with E-state index in [1.165, 1.54) is 0 Å². The Morgan fingerprint density at radius 2 is 1.97 bits per heavy atom. The van der Waals surface area contributed by atoms with Crippen LogP contribution in [0, 0.1) is 0 Å². The number of ether oxygens (including phenoxy) is 3. The molecule has 0 saturated carbocycles. The molecule has 1 heterocycles. The Bertz CT molecular complexity index is 974. The maximum Gasteiger partial charge on any atom is 0.257 e. The Labute approximate surface area is 173 Å². The molecule has 0 spiro atoms. The minimum atomic E-state index is -0.265. The molecule has 7 nitrogen and oxygen atoms in total. The average molecular weight is 413 g/mol. The Kier molecular flexibility index (Phi) is 7.02. The molecule has 1 amide bonds. The van der Waals surface area contributed by atoms with Crippen LogP contribution in [0.15, 0.2) is 42.5 Å². The van der Waals surface area contributed by atoms with E-state index in [-0.39, 0.29) is 5.91 Å². The van der Waals surface area contributed by atoms with E-state index >= 15 is 0 Å². The van der Waals surface area contributed by atoms with Crippen molar-refractivity contribution in [2.45, 2.75) is 20.3 Å². The average Bonchev–Trinajstić information content (AvgIpc) is 3.21. The third-order valence-corrected chi connectivity index (χ3v) is 4.57. The highest BCUT2D eigenvalue weighted by molar-refractivity contribution is 7.10. The SMILES string of the molecule is CCCOc1cccc(C(=O)Nc2nc(-c3ccc(OCC)c(OC)c3)ns2)c1. The number of hydrogen-bond acceptors (Lipinski definition) is 7. The summed E-state index contributed by atoms with van der Waals surface area (Å²) in [7, 11) is 1.58. The molecule has 1 aromatic heterocycles. The summed E-state index contributed by atoms with van der Waals surface area (Å²) in [6.45, 7) is 5.10. The molecule has 3 aromatic rings. The van der Waals surface area contributed by atoms with E-state index in [2.05, 4.69) is 14.7 Å². The second-order valence-electron chi connectivity index (χ2n) is 6.05. The summed E-state index contributed by atoms with van der Waals surface area (Å²) in [4.78, 5) is 17.0. The van der Waals surface area contributed by atoms with Gasteiger partial charge in [-0.15, -0.1) is 0 Å². The van der Waals surface area contributed by atoms with E-state index in [1.54, 1.807) is 25.3 Å². The highest BCUT2D eigenvalue weighted by atomic mass is 32.1. The van der Waals surface area contributed by atoms with Gasteiger partial charge in [0.1, 0.15) is 5.75 Å². The van der Waals surface area contributed by atoms with Crippen LogP contribution in [0.1, 0.15) is 30.6 Å². The Hall–Kier alpha value is -3.13. The molecule has 0 fully saturated rings. The van der Waals surface area contributed by atoms with E-state index in [4.69, 9.17) is 14.2 Å². The fraction of sp³-hybridized carbons (Fsp3) is 0.286. The van der Waals surface area contributed by atoms with Gasteiger partial charge in [0.15, 0.2) is 17.3 Å². The highest BCUT2D eigenvalue weighted by Gasteiger charge is 2.14. The Morgan fingerprint density at radius 1 is 1.10 bits per heavy atom. The molecule has 0 aliphatic rings. The van der Waals surface area contributed by atoms with Crippen molar-refractivity contribution >= 4 is 22.6 Å². The number of aromatic nitrogens is 2. The molecular weight excluding hydrogens is 390 g/mol. The minimum Gasteiger partial charge on any atom is -0.494 e. The van der Waals surface area contributed by atoms with Crippen LogP contribution in [0.5, 0.6) is 17.2 Å². The third-order valence-electron chi connectivity index (χ3n) is 3.94. The Morgan fingerprint density at radius 3 is 2.72 bits per heavy atom. The van der Waals surface area contributed by atoms with Gasteiger partial charge in [0.2, 0.25) is 5.13 Å². The number of anilines is 1. The molecular formula is C21H23N3O4S. The fourth-order valence-electron chi connectivity index (χ4n) is 2.59. The van der Waals surface area contributed by atoms with E-state index in [0.29, 0.717) is 47.0 Å². The van der Waals surface area contributed by atoms with Crippen LogP contribution in [0.4, 0.5) is 5.13 Å². The number of nitrogens with one attached hydrogen (secondary N) is 1. The second-order valence-corrected chi connectivity index (χ2v) is 6.80. The Balaban J connectivity index is 1.73. The zero-order valence-electron chi connectivity index (χ0n) is 16.6. The maximum absolute atomic E-state index is 12.5. The summed E-state index contributed by atoms with van der Waals surface area (Å²) in [6, 6.07) is 12.5. The summed E-state index contributed by atoms with van der Waals surface area (Å²) >= 11 is 1.12. The molecule has 0 aliphatic heterocycles. The van der Waals surface area contributed by atoms with Crippen molar-refractivity contribution in [2.75, 3.05) is 25.6 Å². The minimum absolute atomic E-state index is 0.265. The standard InChI is InChI=1S/C21H23N3O4S/c1-4-11-28-16-8-6-7-15(12-16)20(25)23-21-22-19(24-29-21)14-9-10-17(27-5-2)18(13-14)26-3/h6-10,12-13H,4-5,11H2,1-3H3,(H,22,23,24,25). The first-order valence-corrected chi connectivity index (χ1v) is 10.1. The van der Waals surface area contributed by atoms with Crippen molar-refractivity contribution in [3.63, 3.8) is 0 Å². The van der Waals surface area contributed by atoms with Gasteiger partial charge in [-0.25, -0.2) is 0 Å². The highest BCUT2D eigenvalue weighted by Crippen LogP contribution is 2.32. The maximum atomic E-state index is 12.5. The molecule has 152 valence electrons. The summed E-state index contributed by atoms with van der Waals surface area (Å²) in [5.74, 6) is 2.17. The smallest absolute Gasteiger partial charge is 0.257 e. The molecule has 1 N–H and O–H groups in total. The number of carbonyl (C=O) groups is 1. The van der Waals surface area contributed by atoms with Crippen LogP contribution in [0.25, 0.3) is 11.4 Å². The number of carbonyl (C=O) groups excluding carboxylic acids is 1. The molecule has 3 rings (SSSR count). The largest absolute Gasteiger partial charge is 0.494 e. The van der Waals surface area contributed by atoms with Gasteiger partial charge in [0.25, 0.3) is 5.91 Å². The normalized spacial score (nSPS) is 10.4. The number of amides is 1. The van der Waals surface area contributed by atoms with Crippen LogP contribution in [0.3, 0.4) is 0 Å². The van der Waals surface area contributed by atoms with E-state index in [1.807, 2.05) is 38.1 Å². The first kappa shape index (κ1) is 20.6. The molecule has 8 heteroatoms. The van der Waals surface area contributed by atoms with Crippen molar-refractivity contribution in [1.29, 1.82) is 0 Å². The molecule has 0 bridgehead atoms. The van der Waals surface area contributed by atoms with Crippen LogP contribution in [0.2, 0.25) is 0 Å². The first-order chi connectivity index (χ1) is 14.1. The molecule has 0 unspecified atom stereocenters. The van der Waals surface area contributed by atoms with Crippen molar-refractivity contribution < 1.29 is 19.0 Å². The van der Waals surface area contributed by atoms with E-state index in [9.17, 15) is 4.79 Å². The summed E-state index contributed by atoms with van der Waals surface area (Å²) in [5, 5.41) is 3.20.